The lowest BCUT2D eigenvalue weighted by molar-refractivity contribution is -0.123. The molecule has 1 rings (SSSR count). The lowest BCUT2D eigenvalue weighted by atomic mass is 10.2. The van der Waals surface area contributed by atoms with Crippen LogP contribution in [0.5, 0.6) is 5.75 Å². The minimum atomic E-state index is -0.455. The summed E-state index contributed by atoms with van der Waals surface area (Å²) in [6, 6.07) is 4.60. The third kappa shape index (κ3) is 6.03. The number of carbonyl (C=O) groups is 2. The highest BCUT2D eigenvalue weighted by atomic mass is 16.5. The Kier molecular flexibility index (Phi) is 6.69. The highest BCUT2D eigenvalue weighted by molar-refractivity contribution is 5.90. The van der Waals surface area contributed by atoms with Crippen LogP contribution in [-0.4, -0.2) is 31.1 Å². The summed E-state index contributed by atoms with van der Waals surface area (Å²) in [7, 11) is 0. The van der Waals surface area contributed by atoms with Crippen LogP contribution in [0.4, 0.5) is 5.69 Å². The van der Waals surface area contributed by atoms with E-state index in [0.717, 1.165) is 0 Å². The van der Waals surface area contributed by atoms with Gasteiger partial charge in [0, 0.05) is 6.54 Å². The number of amides is 1. The molecule has 1 amide bonds. The Morgan fingerprint density at radius 1 is 1.23 bits per heavy atom. The number of benzene rings is 1. The van der Waals surface area contributed by atoms with Crippen molar-refractivity contribution in [1.29, 1.82) is 0 Å². The molecule has 0 aromatic heterocycles. The first-order chi connectivity index (χ1) is 10.3. The number of hydrogen-bond acceptors (Lipinski definition) is 5. The number of hydrogen-bond donors (Lipinski definition) is 2. The van der Waals surface area contributed by atoms with Crippen LogP contribution in [0.2, 0.25) is 0 Å². The lowest BCUT2D eigenvalue weighted by Crippen LogP contribution is -2.31. The summed E-state index contributed by atoms with van der Waals surface area (Å²) < 4.78 is 10.5. The third-order valence-electron chi connectivity index (χ3n) is 2.66. The normalized spacial score (nSPS) is 10.6. The van der Waals surface area contributed by atoms with Gasteiger partial charge in [0.2, 0.25) is 0 Å². The fraction of sp³-hybridized carbons (Fsp3) is 0.500. The van der Waals surface area contributed by atoms with Gasteiger partial charge in [-0.15, -0.1) is 0 Å². The van der Waals surface area contributed by atoms with Crippen LogP contribution in [0.3, 0.4) is 0 Å². The zero-order valence-corrected chi connectivity index (χ0v) is 13.5. The van der Waals surface area contributed by atoms with Crippen LogP contribution < -0.4 is 15.8 Å². The summed E-state index contributed by atoms with van der Waals surface area (Å²) in [6.07, 6.45) is -0.212. The van der Waals surface area contributed by atoms with E-state index in [1.54, 1.807) is 26.0 Å². The summed E-state index contributed by atoms with van der Waals surface area (Å²) in [5.74, 6) is -0.0339. The second-order valence-electron chi connectivity index (χ2n) is 5.69. The molecule has 6 heteroatoms. The molecule has 3 N–H and O–H groups in total. The molecule has 0 aliphatic carbocycles. The van der Waals surface area contributed by atoms with E-state index in [2.05, 4.69) is 5.32 Å². The molecule has 6 nitrogen and oxygen atoms in total. The summed E-state index contributed by atoms with van der Waals surface area (Å²) in [6.45, 7) is 7.97. The van der Waals surface area contributed by atoms with Gasteiger partial charge in [0.05, 0.1) is 17.4 Å². The molecular weight excluding hydrogens is 284 g/mol. The van der Waals surface area contributed by atoms with Crippen molar-refractivity contribution in [3.63, 3.8) is 0 Å². The van der Waals surface area contributed by atoms with Crippen LogP contribution in [0.1, 0.15) is 38.1 Å². The largest absolute Gasteiger partial charge is 0.482 e. The summed E-state index contributed by atoms with van der Waals surface area (Å²) in [5.41, 5.74) is 6.48. The van der Waals surface area contributed by atoms with Gasteiger partial charge in [-0.25, -0.2) is 4.79 Å². The maximum Gasteiger partial charge on any atom is 0.338 e. The van der Waals surface area contributed by atoms with Crippen LogP contribution >= 0.6 is 0 Å². The second kappa shape index (κ2) is 8.26. The Balaban J connectivity index is 2.66. The Labute approximate surface area is 131 Å². The molecule has 0 aliphatic heterocycles. The topological polar surface area (TPSA) is 90.6 Å². The maximum atomic E-state index is 11.8. The Bertz CT molecular complexity index is 527. The summed E-state index contributed by atoms with van der Waals surface area (Å²) in [4.78, 5) is 23.5. The minimum Gasteiger partial charge on any atom is -0.482 e. The summed E-state index contributed by atoms with van der Waals surface area (Å²) in [5, 5.41) is 2.74. The molecule has 0 aliphatic rings. The summed E-state index contributed by atoms with van der Waals surface area (Å²) >= 11 is 0. The average Bonchev–Trinajstić information content (AvgIpc) is 2.43. The van der Waals surface area contributed by atoms with Crippen molar-refractivity contribution < 1.29 is 19.1 Å². The fourth-order valence-electron chi connectivity index (χ4n) is 1.58. The Morgan fingerprint density at radius 2 is 1.91 bits per heavy atom. The van der Waals surface area contributed by atoms with Gasteiger partial charge in [-0.2, -0.15) is 0 Å². The van der Waals surface area contributed by atoms with Gasteiger partial charge in [-0.05, 0) is 38.0 Å². The number of nitrogens with one attached hydrogen (secondary N) is 1. The first-order valence-corrected chi connectivity index (χ1v) is 7.29. The number of esters is 1. The number of rotatable bonds is 7. The molecular formula is C16H24N2O4. The van der Waals surface area contributed by atoms with E-state index < -0.39 is 5.97 Å². The van der Waals surface area contributed by atoms with Crippen molar-refractivity contribution in [2.24, 2.45) is 5.92 Å². The van der Waals surface area contributed by atoms with Crippen molar-refractivity contribution in [1.82, 2.24) is 5.32 Å². The third-order valence-corrected chi connectivity index (χ3v) is 2.66. The van der Waals surface area contributed by atoms with Crippen LogP contribution in [0, 0.1) is 5.92 Å². The smallest absolute Gasteiger partial charge is 0.338 e. The number of ether oxygens (including phenoxy) is 2. The SMILES string of the molecule is CC(C)CNC(=O)COc1cc(C(=O)OC(C)C)ccc1N. The molecule has 0 radical (unpaired) electrons. The molecule has 0 atom stereocenters. The predicted octanol–water partition coefficient (Wildman–Crippen LogP) is 1.98. The zero-order valence-electron chi connectivity index (χ0n) is 13.5. The highest BCUT2D eigenvalue weighted by Gasteiger charge is 2.13. The predicted molar refractivity (Wildman–Crippen MR) is 84.7 cm³/mol. The van der Waals surface area contributed by atoms with Crippen molar-refractivity contribution in [3.05, 3.63) is 23.8 Å². The second-order valence-corrected chi connectivity index (χ2v) is 5.69. The first kappa shape index (κ1) is 17.8. The van der Waals surface area contributed by atoms with E-state index in [0.29, 0.717) is 23.7 Å². The van der Waals surface area contributed by atoms with Crippen LogP contribution in [0.25, 0.3) is 0 Å². The van der Waals surface area contributed by atoms with E-state index in [1.165, 1.54) is 6.07 Å². The van der Waals surface area contributed by atoms with E-state index in [-0.39, 0.29) is 24.4 Å². The number of carbonyl (C=O) groups excluding carboxylic acids is 2. The van der Waals surface area contributed by atoms with E-state index in [4.69, 9.17) is 15.2 Å². The van der Waals surface area contributed by atoms with E-state index in [9.17, 15) is 9.59 Å². The van der Waals surface area contributed by atoms with Crippen LogP contribution in [-0.2, 0) is 9.53 Å². The van der Waals surface area contributed by atoms with Gasteiger partial charge < -0.3 is 20.5 Å². The van der Waals surface area contributed by atoms with Gasteiger partial charge in [0.25, 0.3) is 5.91 Å². The standard InChI is InChI=1S/C16H24N2O4/c1-10(2)8-18-15(19)9-21-14-7-12(5-6-13(14)17)16(20)22-11(3)4/h5-7,10-11H,8-9,17H2,1-4H3,(H,18,19). The molecule has 1 aromatic carbocycles. The van der Waals surface area contributed by atoms with Gasteiger partial charge in [0.15, 0.2) is 6.61 Å². The molecule has 0 fully saturated rings. The van der Waals surface area contributed by atoms with Gasteiger partial charge in [0.1, 0.15) is 5.75 Å². The van der Waals surface area contributed by atoms with E-state index in [1.807, 2.05) is 13.8 Å². The quantitative estimate of drug-likeness (QED) is 0.594. The monoisotopic (exact) mass is 308 g/mol. The molecule has 0 spiro atoms. The Morgan fingerprint density at radius 3 is 2.50 bits per heavy atom. The highest BCUT2D eigenvalue weighted by Crippen LogP contribution is 2.23. The van der Waals surface area contributed by atoms with Crippen molar-refractivity contribution >= 4 is 17.6 Å². The molecule has 0 heterocycles. The molecule has 22 heavy (non-hydrogen) atoms. The molecule has 0 unspecified atom stereocenters. The first-order valence-electron chi connectivity index (χ1n) is 7.29. The number of anilines is 1. The van der Waals surface area contributed by atoms with E-state index >= 15 is 0 Å². The van der Waals surface area contributed by atoms with Gasteiger partial charge in [-0.1, -0.05) is 13.8 Å². The molecule has 0 bridgehead atoms. The van der Waals surface area contributed by atoms with Crippen LogP contribution in [0.15, 0.2) is 18.2 Å². The van der Waals surface area contributed by atoms with Crippen molar-refractivity contribution in [2.75, 3.05) is 18.9 Å². The maximum absolute atomic E-state index is 11.8. The fourth-order valence-corrected chi connectivity index (χ4v) is 1.58. The minimum absolute atomic E-state index is 0.153. The molecule has 0 saturated heterocycles. The average molecular weight is 308 g/mol. The molecule has 0 saturated carbocycles. The van der Waals surface area contributed by atoms with Gasteiger partial charge >= 0.3 is 5.97 Å². The molecule has 1 aromatic rings. The zero-order chi connectivity index (χ0) is 16.7. The Hall–Kier alpha value is -2.24. The van der Waals surface area contributed by atoms with Crippen molar-refractivity contribution in [2.45, 2.75) is 33.8 Å². The van der Waals surface area contributed by atoms with Gasteiger partial charge in [-0.3, -0.25) is 4.79 Å². The number of nitrogens with two attached hydrogens (primary N) is 1. The van der Waals surface area contributed by atoms with Crippen molar-refractivity contribution in [3.8, 4) is 5.75 Å². The lowest BCUT2D eigenvalue weighted by Gasteiger charge is -2.12. The molecule has 122 valence electrons. The number of nitrogen functional groups attached to an aromatic ring is 1.